The number of halogens is 1. The van der Waals surface area contributed by atoms with Gasteiger partial charge < -0.3 is 0 Å². The van der Waals surface area contributed by atoms with E-state index in [0.29, 0.717) is 11.6 Å². The zero-order valence-electron chi connectivity index (χ0n) is 12.1. The van der Waals surface area contributed by atoms with Crippen LogP contribution in [-0.2, 0) is 4.79 Å². The van der Waals surface area contributed by atoms with Gasteiger partial charge >= 0.3 is 0 Å². The molecule has 3 rings (SSSR count). The van der Waals surface area contributed by atoms with Crippen LogP contribution in [-0.4, -0.2) is 40.7 Å². The Labute approximate surface area is 148 Å². The maximum absolute atomic E-state index is 12.4. The van der Waals surface area contributed by atoms with E-state index in [1.165, 1.54) is 11.3 Å². The molecule has 2 aliphatic rings. The van der Waals surface area contributed by atoms with Gasteiger partial charge in [-0.3, -0.25) is 19.4 Å². The van der Waals surface area contributed by atoms with Gasteiger partial charge in [-0.1, -0.05) is 18.6 Å². The van der Waals surface area contributed by atoms with Crippen LogP contribution in [0.2, 0.25) is 0 Å². The summed E-state index contributed by atoms with van der Waals surface area (Å²) >= 11 is 3.28. The topological polar surface area (TPSA) is 40.6 Å². The Morgan fingerprint density at radius 2 is 1.77 bits per heavy atom. The SMILES string of the molecule is O=C1S/C(=C\c2ccc(I)cc2)C(=O)N1CN1CCCCC1. The number of likely N-dealkylation sites (tertiary alicyclic amines) is 1. The quantitative estimate of drug-likeness (QED) is 0.543. The number of piperidine rings is 1. The van der Waals surface area contributed by atoms with Crippen LogP contribution in [0, 0.1) is 3.57 Å². The Hall–Kier alpha value is -0.860. The summed E-state index contributed by atoms with van der Waals surface area (Å²) in [6.07, 6.45) is 5.34. The molecule has 0 aromatic heterocycles. The second-order valence-corrected chi connectivity index (χ2v) is 7.72. The number of carbonyl (C=O) groups is 2. The molecule has 1 aromatic rings. The van der Waals surface area contributed by atoms with E-state index in [1.807, 2.05) is 24.3 Å². The predicted octanol–water partition coefficient (Wildman–Crippen LogP) is 3.77. The van der Waals surface area contributed by atoms with Crippen molar-refractivity contribution in [2.45, 2.75) is 19.3 Å². The zero-order valence-corrected chi connectivity index (χ0v) is 15.1. The van der Waals surface area contributed by atoms with Crippen molar-refractivity contribution in [3.8, 4) is 0 Å². The lowest BCUT2D eigenvalue weighted by Gasteiger charge is -2.29. The highest BCUT2D eigenvalue weighted by Gasteiger charge is 2.36. The Morgan fingerprint density at radius 1 is 1.09 bits per heavy atom. The zero-order chi connectivity index (χ0) is 15.5. The molecule has 6 heteroatoms. The fourth-order valence-corrected chi connectivity index (χ4v) is 3.82. The number of benzene rings is 1. The van der Waals surface area contributed by atoms with Gasteiger partial charge in [-0.2, -0.15) is 0 Å². The fraction of sp³-hybridized carbons (Fsp3) is 0.375. The molecular weight excluding hydrogens is 411 g/mol. The second kappa shape index (κ2) is 7.14. The predicted molar refractivity (Wildman–Crippen MR) is 97.3 cm³/mol. The molecule has 2 aliphatic heterocycles. The van der Waals surface area contributed by atoms with Gasteiger partial charge in [0, 0.05) is 3.57 Å². The lowest BCUT2D eigenvalue weighted by Crippen LogP contribution is -2.42. The van der Waals surface area contributed by atoms with Gasteiger partial charge in [0.1, 0.15) is 0 Å². The Balaban J connectivity index is 1.71. The minimum Gasteiger partial charge on any atom is -0.286 e. The molecule has 2 fully saturated rings. The molecule has 0 atom stereocenters. The van der Waals surface area contributed by atoms with Crippen molar-refractivity contribution in [3.63, 3.8) is 0 Å². The van der Waals surface area contributed by atoms with Crippen LogP contribution in [0.15, 0.2) is 29.2 Å². The van der Waals surface area contributed by atoms with Crippen molar-refractivity contribution >= 4 is 51.6 Å². The van der Waals surface area contributed by atoms with E-state index in [9.17, 15) is 9.59 Å². The van der Waals surface area contributed by atoms with Crippen molar-refractivity contribution in [1.29, 1.82) is 0 Å². The number of hydrogen-bond acceptors (Lipinski definition) is 4. The third kappa shape index (κ3) is 3.72. The van der Waals surface area contributed by atoms with Gasteiger partial charge in [0.05, 0.1) is 11.6 Å². The number of carbonyl (C=O) groups excluding carboxylic acids is 2. The van der Waals surface area contributed by atoms with Crippen LogP contribution in [0.25, 0.3) is 6.08 Å². The maximum Gasteiger partial charge on any atom is 0.294 e. The van der Waals surface area contributed by atoms with Gasteiger partial charge in [0.2, 0.25) is 0 Å². The van der Waals surface area contributed by atoms with Crippen molar-refractivity contribution < 1.29 is 9.59 Å². The van der Waals surface area contributed by atoms with E-state index in [-0.39, 0.29) is 11.1 Å². The first-order chi connectivity index (χ1) is 10.6. The number of amides is 2. The third-order valence-electron chi connectivity index (χ3n) is 3.83. The van der Waals surface area contributed by atoms with E-state index >= 15 is 0 Å². The van der Waals surface area contributed by atoms with Crippen LogP contribution in [0.5, 0.6) is 0 Å². The van der Waals surface area contributed by atoms with E-state index in [2.05, 4.69) is 27.5 Å². The summed E-state index contributed by atoms with van der Waals surface area (Å²) in [7, 11) is 0. The fourth-order valence-electron chi connectivity index (χ4n) is 2.63. The van der Waals surface area contributed by atoms with Gasteiger partial charge in [-0.05, 0) is 84.1 Å². The summed E-state index contributed by atoms with van der Waals surface area (Å²) in [6.45, 7) is 2.37. The third-order valence-corrected chi connectivity index (χ3v) is 5.46. The molecule has 116 valence electrons. The highest BCUT2D eigenvalue weighted by atomic mass is 127. The summed E-state index contributed by atoms with van der Waals surface area (Å²) in [4.78, 5) is 28.6. The summed E-state index contributed by atoms with van der Waals surface area (Å²) in [5.41, 5.74) is 0.948. The minimum absolute atomic E-state index is 0.160. The van der Waals surface area contributed by atoms with E-state index in [0.717, 1.165) is 46.8 Å². The summed E-state index contributed by atoms with van der Waals surface area (Å²) < 4.78 is 1.15. The molecule has 0 N–H and O–H groups in total. The molecular formula is C16H17IN2O2S. The molecule has 0 bridgehead atoms. The van der Waals surface area contributed by atoms with Gasteiger partial charge in [0.15, 0.2) is 0 Å². The first-order valence-corrected chi connectivity index (χ1v) is 9.26. The Kier molecular flexibility index (Phi) is 5.20. The standard InChI is InChI=1S/C16H17IN2O2S/c17-13-6-4-12(5-7-13)10-14-15(20)19(16(21)22-14)11-18-8-2-1-3-9-18/h4-7,10H,1-3,8-9,11H2/b14-10-. The molecule has 0 aliphatic carbocycles. The summed E-state index contributed by atoms with van der Waals surface area (Å²) in [5, 5.41) is -0.160. The van der Waals surface area contributed by atoms with Crippen molar-refractivity contribution in [2.24, 2.45) is 0 Å². The Morgan fingerprint density at radius 3 is 2.45 bits per heavy atom. The van der Waals surface area contributed by atoms with Crippen LogP contribution in [0.4, 0.5) is 4.79 Å². The molecule has 2 saturated heterocycles. The monoisotopic (exact) mass is 428 g/mol. The van der Waals surface area contributed by atoms with Crippen LogP contribution in [0.1, 0.15) is 24.8 Å². The largest absolute Gasteiger partial charge is 0.294 e. The minimum atomic E-state index is -0.167. The van der Waals surface area contributed by atoms with E-state index < -0.39 is 0 Å². The molecule has 22 heavy (non-hydrogen) atoms. The van der Waals surface area contributed by atoms with Gasteiger partial charge in [-0.15, -0.1) is 0 Å². The van der Waals surface area contributed by atoms with Crippen molar-refractivity contribution in [2.75, 3.05) is 19.8 Å². The lowest BCUT2D eigenvalue weighted by atomic mass is 10.1. The summed E-state index contributed by atoms with van der Waals surface area (Å²) in [6, 6.07) is 7.90. The number of rotatable bonds is 3. The summed E-state index contributed by atoms with van der Waals surface area (Å²) in [5.74, 6) is -0.167. The van der Waals surface area contributed by atoms with E-state index in [4.69, 9.17) is 0 Å². The first-order valence-electron chi connectivity index (χ1n) is 7.37. The molecule has 2 amide bonds. The number of hydrogen-bond donors (Lipinski definition) is 0. The van der Waals surface area contributed by atoms with Crippen LogP contribution in [0.3, 0.4) is 0 Å². The second-order valence-electron chi connectivity index (χ2n) is 5.48. The number of imide groups is 1. The average molecular weight is 428 g/mol. The van der Waals surface area contributed by atoms with Crippen LogP contribution >= 0.6 is 34.4 Å². The normalized spacial score (nSPS) is 21.9. The van der Waals surface area contributed by atoms with Crippen molar-refractivity contribution in [1.82, 2.24) is 9.80 Å². The lowest BCUT2D eigenvalue weighted by molar-refractivity contribution is -0.124. The molecule has 0 radical (unpaired) electrons. The van der Waals surface area contributed by atoms with E-state index in [1.54, 1.807) is 6.08 Å². The number of thioether (sulfide) groups is 1. The highest BCUT2D eigenvalue weighted by molar-refractivity contribution is 14.1. The number of nitrogens with zero attached hydrogens (tertiary/aromatic N) is 2. The Bertz CT molecular complexity index is 609. The highest BCUT2D eigenvalue weighted by Crippen LogP contribution is 2.32. The first kappa shape index (κ1) is 16.0. The van der Waals surface area contributed by atoms with Gasteiger partial charge in [0.25, 0.3) is 11.1 Å². The van der Waals surface area contributed by atoms with Gasteiger partial charge in [-0.25, -0.2) is 0 Å². The van der Waals surface area contributed by atoms with Crippen molar-refractivity contribution in [3.05, 3.63) is 38.3 Å². The van der Waals surface area contributed by atoms with Crippen LogP contribution < -0.4 is 0 Å². The molecule has 4 nitrogen and oxygen atoms in total. The molecule has 0 spiro atoms. The molecule has 0 saturated carbocycles. The maximum atomic E-state index is 12.4. The molecule has 0 unspecified atom stereocenters. The molecule has 1 aromatic carbocycles. The average Bonchev–Trinajstić information content (AvgIpc) is 2.78. The smallest absolute Gasteiger partial charge is 0.286 e. The molecule has 2 heterocycles.